The van der Waals surface area contributed by atoms with Crippen molar-refractivity contribution in [2.24, 2.45) is 10.2 Å². The molecule has 11 heteroatoms. The first-order valence-electron chi connectivity index (χ1n) is 8.17. The number of halogens is 3. The molecule has 1 aromatic heterocycles. The predicted octanol–water partition coefficient (Wildman–Crippen LogP) is 2.47. The molecule has 0 spiro atoms. The summed E-state index contributed by atoms with van der Waals surface area (Å²) in [7, 11) is 0. The molecule has 0 bridgehead atoms. The van der Waals surface area contributed by atoms with Crippen LogP contribution in [0.15, 0.2) is 34.5 Å². The number of nitrogens with one attached hydrogen (secondary N) is 1. The van der Waals surface area contributed by atoms with Crippen molar-refractivity contribution in [3.63, 3.8) is 0 Å². The fourth-order valence-corrected chi connectivity index (χ4v) is 3.28. The molecule has 1 atom stereocenters. The summed E-state index contributed by atoms with van der Waals surface area (Å²) < 4.78 is 45.3. The highest BCUT2D eigenvalue weighted by molar-refractivity contribution is 5.27. The van der Waals surface area contributed by atoms with Crippen LogP contribution in [0.3, 0.4) is 0 Å². The van der Waals surface area contributed by atoms with Crippen molar-refractivity contribution in [3.8, 4) is 5.75 Å². The molecule has 2 aliphatic heterocycles. The van der Waals surface area contributed by atoms with E-state index in [0.29, 0.717) is 37.5 Å². The minimum atomic E-state index is -4.44. The van der Waals surface area contributed by atoms with Gasteiger partial charge in [0.25, 0.3) is 5.66 Å². The fourth-order valence-electron chi connectivity index (χ4n) is 3.28. The first-order valence-corrected chi connectivity index (χ1v) is 8.17. The van der Waals surface area contributed by atoms with E-state index >= 15 is 0 Å². The van der Waals surface area contributed by atoms with Crippen molar-refractivity contribution in [3.05, 3.63) is 35.7 Å². The Morgan fingerprint density at radius 3 is 2.62 bits per heavy atom. The Kier molecular flexibility index (Phi) is 4.10. The summed E-state index contributed by atoms with van der Waals surface area (Å²) in [6.45, 7) is 1.20. The molecule has 2 aliphatic rings. The standard InChI is InChI=1S/C15H16F3N7O/c16-15(17,18)14(21-22-14)12-2-1-7-25(12)8-10-3-5-11(6-4-10)26-9-13-19-23-24-20-13/h3-6,12H,1-2,7-9H2,(H,19,20,23,24). The van der Waals surface area contributed by atoms with E-state index in [2.05, 4.69) is 30.9 Å². The van der Waals surface area contributed by atoms with Gasteiger partial charge < -0.3 is 4.74 Å². The molecule has 0 aliphatic carbocycles. The van der Waals surface area contributed by atoms with Crippen LogP contribution in [0.25, 0.3) is 0 Å². The van der Waals surface area contributed by atoms with Crippen LogP contribution in [0.2, 0.25) is 0 Å². The van der Waals surface area contributed by atoms with E-state index in [1.165, 1.54) is 0 Å². The van der Waals surface area contributed by atoms with Gasteiger partial charge in [-0.3, -0.25) is 4.90 Å². The van der Waals surface area contributed by atoms with Crippen LogP contribution in [0.5, 0.6) is 5.75 Å². The molecule has 4 rings (SSSR count). The fraction of sp³-hybridized carbons (Fsp3) is 0.533. The smallest absolute Gasteiger partial charge is 0.439 e. The lowest BCUT2D eigenvalue weighted by Gasteiger charge is -2.29. The molecule has 0 radical (unpaired) electrons. The van der Waals surface area contributed by atoms with Crippen molar-refractivity contribution in [1.29, 1.82) is 0 Å². The summed E-state index contributed by atoms with van der Waals surface area (Å²) in [5.74, 6) is 1.05. The maximum atomic E-state index is 13.3. The van der Waals surface area contributed by atoms with Gasteiger partial charge in [-0.05, 0) is 37.1 Å². The van der Waals surface area contributed by atoms with Crippen molar-refractivity contribution in [2.75, 3.05) is 6.54 Å². The Balaban J connectivity index is 1.38. The van der Waals surface area contributed by atoms with Gasteiger partial charge in [0.2, 0.25) is 5.82 Å². The van der Waals surface area contributed by atoms with E-state index in [0.717, 1.165) is 5.56 Å². The largest absolute Gasteiger partial charge is 0.485 e. The molecule has 1 saturated heterocycles. The van der Waals surface area contributed by atoms with Gasteiger partial charge in [-0.2, -0.15) is 18.4 Å². The number of H-pyrrole nitrogens is 1. The molecular formula is C15H16F3N7O. The van der Waals surface area contributed by atoms with Gasteiger partial charge in [-0.25, -0.2) is 0 Å². The summed E-state index contributed by atoms with van der Waals surface area (Å²) in [6, 6.07) is 6.49. The summed E-state index contributed by atoms with van der Waals surface area (Å²) in [5.41, 5.74) is -1.32. The number of benzene rings is 1. The lowest BCUT2D eigenvalue weighted by atomic mass is 10.0. The van der Waals surface area contributed by atoms with Gasteiger partial charge in [0, 0.05) is 6.54 Å². The quantitative estimate of drug-likeness (QED) is 0.847. The van der Waals surface area contributed by atoms with Gasteiger partial charge in [-0.15, -0.1) is 20.4 Å². The third kappa shape index (κ3) is 3.14. The Morgan fingerprint density at radius 1 is 1.23 bits per heavy atom. The third-order valence-corrected chi connectivity index (χ3v) is 4.63. The van der Waals surface area contributed by atoms with Gasteiger partial charge in [-0.1, -0.05) is 17.3 Å². The van der Waals surface area contributed by atoms with E-state index in [-0.39, 0.29) is 6.61 Å². The van der Waals surface area contributed by atoms with E-state index < -0.39 is 17.9 Å². The molecule has 2 aromatic rings. The van der Waals surface area contributed by atoms with Crippen LogP contribution < -0.4 is 4.74 Å². The average molecular weight is 367 g/mol. The second-order valence-corrected chi connectivity index (χ2v) is 6.31. The van der Waals surface area contributed by atoms with E-state index in [4.69, 9.17) is 4.74 Å². The topological polar surface area (TPSA) is 91.7 Å². The van der Waals surface area contributed by atoms with Gasteiger partial charge in [0.15, 0.2) is 6.61 Å². The lowest BCUT2D eigenvalue weighted by molar-refractivity contribution is -0.177. The predicted molar refractivity (Wildman–Crippen MR) is 82.0 cm³/mol. The number of hydrogen-bond donors (Lipinski definition) is 1. The molecule has 26 heavy (non-hydrogen) atoms. The minimum absolute atomic E-state index is 0.182. The summed E-state index contributed by atoms with van der Waals surface area (Å²) in [6.07, 6.45) is -3.29. The van der Waals surface area contributed by atoms with Crippen molar-refractivity contribution in [2.45, 2.75) is 43.9 Å². The number of hydrogen-bond acceptors (Lipinski definition) is 7. The summed E-state index contributed by atoms with van der Waals surface area (Å²) >= 11 is 0. The van der Waals surface area contributed by atoms with Crippen LogP contribution >= 0.6 is 0 Å². The first kappa shape index (κ1) is 16.9. The number of aromatic nitrogens is 4. The number of likely N-dealkylation sites (tertiary alicyclic amines) is 1. The number of ether oxygens (including phenoxy) is 1. The van der Waals surface area contributed by atoms with Gasteiger partial charge in [0.1, 0.15) is 5.75 Å². The van der Waals surface area contributed by atoms with Crippen LogP contribution in [0.4, 0.5) is 13.2 Å². The van der Waals surface area contributed by atoms with E-state index in [9.17, 15) is 13.2 Å². The maximum Gasteiger partial charge on any atom is 0.439 e. The van der Waals surface area contributed by atoms with E-state index in [1.54, 1.807) is 12.1 Å². The molecule has 1 N–H and O–H groups in total. The zero-order chi connectivity index (χ0) is 18.2. The molecule has 138 valence electrons. The SMILES string of the molecule is FC(F)(F)C1(C2CCCN2Cc2ccc(OCc3nn[nH]n3)cc2)N=N1. The number of aromatic amines is 1. The molecule has 1 fully saturated rings. The third-order valence-electron chi connectivity index (χ3n) is 4.63. The lowest BCUT2D eigenvalue weighted by Crippen LogP contribution is -2.50. The van der Waals surface area contributed by atoms with Crippen LogP contribution in [-0.2, 0) is 13.2 Å². The molecular weight excluding hydrogens is 351 g/mol. The molecule has 0 amide bonds. The van der Waals surface area contributed by atoms with Crippen LogP contribution in [0.1, 0.15) is 24.2 Å². The Bertz CT molecular complexity index is 770. The summed E-state index contributed by atoms with van der Waals surface area (Å²) in [5, 5.41) is 20.1. The second-order valence-electron chi connectivity index (χ2n) is 6.31. The zero-order valence-corrected chi connectivity index (χ0v) is 13.6. The Hall–Kier alpha value is -2.56. The molecule has 8 nitrogen and oxygen atoms in total. The molecule has 1 unspecified atom stereocenters. The van der Waals surface area contributed by atoms with Crippen molar-refractivity contribution >= 4 is 0 Å². The monoisotopic (exact) mass is 367 g/mol. The number of rotatable bonds is 6. The highest BCUT2D eigenvalue weighted by atomic mass is 19.4. The Labute approximate surface area is 146 Å². The average Bonchev–Trinajstić information content (AvgIpc) is 3.04. The maximum absolute atomic E-state index is 13.3. The summed E-state index contributed by atoms with van der Waals surface area (Å²) in [4.78, 5) is 1.81. The van der Waals surface area contributed by atoms with Crippen molar-refractivity contribution < 1.29 is 17.9 Å². The number of nitrogens with zero attached hydrogens (tertiary/aromatic N) is 6. The highest BCUT2D eigenvalue weighted by Gasteiger charge is 2.69. The second kappa shape index (κ2) is 6.31. The molecule has 1 aromatic carbocycles. The Morgan fingerprint density at radius 2 is 2.00 bits per heavy atom. The van der Waals surface area contributed by atoms with Gasteiger partial charge in [0.05, 0.1) is 6.04 Å². The minimum Gasteiger partial charge on any atom is -0.485 e. The number of tetrazole rings is 1. The van der Waals surface area contributed by atoms with Crippen LogP contribution in [-0.4, -0.2) is 49.9 Å². The molecule has 0 saturated carbocycles. The normalized spacial score (nSPS) is 21.9. The van der Waals surface area contributed by atoms with Crippen molar-refractivity contribution in [1.82, 2.24) is 25.5 Å². The van der Waals surface area contributed by atoms with E-state index in [1.807, 2.05) is 17.0 Å². The number of alkyl halides is 3. The first-order chi connectivity index (χ1) is 12.5. The zero-order valence-electron chi connectivity index (χ0n) is 13.6. The van der Waals surface area contributed by atoms with Gasteiger partial charge >= 0.3 is 6.18 Å². The highest BCUT2D eigenvalue weighted by Crippen LogP contribution is 2.51. The molecule has 3 heterocycles. The van der Waals surface area contributed by atoms with Crippen LogP contribution in [0, 0.1) is 0 Å².